The Labute approximate surface area is 116 Å². The molecule has 19 heavy (non-hydrogen) atoms. The number of carbonyl (C=O) groups excluding carboxylic acids is 1. The summed E-state index contributed by atoms with van der Waals surface area (Å²) in [6.07, 6.45) is 4.20. The first kappa shape index (κ1) is 13.8. The second-order valence-electron chi connectivity index (χ2n) is 4.77. The number of carbonyl (C=O) groups is 2. The normalized spacial score (nSPS) is 23.2. The number of halogens is 1. The molecule has 0 saturated carbocycles. The molecule has 2 unspecified atom stereocenters. The minimum atomic E-state index is -0.856. The van der Waals surface area contributed by atoms with Crippen LogP contribution in [-0.2, 0) is 4.79 Å². The number of hydrogen-bond donors (Lipinski definition) is 1. The first-order valence-corrected chi connectivity index (χ1v) is 6.51. The topological polar surface area (TPSA) is 70.5 Å². The molecule has 1 fully saturated rings. The van der Waals surface area contributed by atoms with E-state index in [4.69, 9.17) is 16.7 Å². The Hall–Kier alpha value is -1.62. The van der Waals surface area contributed by atoms with Gasteiger partial charge in [-0.3, -0.25) is 14.6 Å². The summed E-state index contributed by atoms with van der Waals surface area (Å²) in [6.45, 7) is 2.15. The molecule has 0 radical (unpaired) electrons. The summed E-state index contributed by atoms with van der Waals surface area (Å²) >= 11 is 5.96. The minimum Gasteiger partial charge on any atom is -0.481 e. The molecule has 6 heteroatoms. The molecule has 2 rings (SSSR count). The molecule has 1 aromatic heterocycles. The van der Waals surface area contributed by atoms with Crippen molar-refractivity contribution in [3.05, 3.63) is 29.0 Å². The molecule has 0 bridgehead atoms. The number of carboxylic acids is 1. The van der Waals surface area contributed by atoms with Crippen LogP contribution in [0.3, 0.4) is 0 Å². The van der Waals surface area contributed by atoms with Crippen LogP contribution in [0.15, 0.2) is 18.5 Å². The van der Waals surface area contributed by atoms with Crippen molar-refractivity contribution >= 4 is 23.5 Å². The lowest BCUT2D eigenvalue weighted by Crippen LogP contribution is -2.47. The molecule has 102 valence electrons. The van der Waals surface area contributed by atoms with Gasteiger partial charge < -0.3 is 10.0 Å². The van der Waals surface area contributed by atoms with Crippen LogP contribution in [0.1, 0.15) is 30.1 Å². The second kappa shape index (κ2) is 5.57. The fraction of sp³-hybridized carbons (Fsp3) is 0.462. The van der Waals surface area contributed by atoms with E-state index in [2.05, 4.69) is 4.98 Å². The van der Waals surface area contributed by atoms with Crippen LogP contribution in [-0.4, -0.2) is 39.5 Å². The van der Waals surface area contributed by atoms with Crippen LogP contribution in [0.4, 0.5) is 0 Å². The van der Waals surface area contributed by atoms with E-state index < -0.39 is 11.9 Å². The molecular formula is C13H15ClN2O3. The molecule has 1 aliphatic rings. The van der Waals surface area contributed by atoms with Gasteiger partial charge >= 0.3 is 5.97 Å². The van der Waals surface area contributed by atoms with Gasteiger partial charge in [0.2, 0.25) is 0 Å². The van der Waals surface area contributed by atoms with E-state index in [9.17, 15) is 9.59 Å². The van der Waals surface area contributed by atoms with E-state index >= 15 is 0 Å². The number of aromatic nitrogens is 1. The third kappa shape index (κ3) is 2.87. The number of likely N-dealkylation sites (tertiary alicyclic amines) is 1. The van der Waals surface area contributed by atoms with Gasteiger partial charge in [-0.05, 0) is 25.8 Å². The highest BCUT2D eigenvalue weighted by atomic mass is 35.5. The third-order valence-corrected chi connectivity index (χ3v) is 3.80. The van der Waals surface area contributed by atoms with E-state index in [1.54, 1.807) is 11.0 Å². The second-order valence-corrected chi connectivity index (χ2v) is 5.18. The lowest BCUT2D eigenvalue weighted by Gasteiger charge is -2.36. The molecule has 2 heterocycles. The Bertz CT molecular complexity index is 506. The van der Waals surface area contributed by atoms with Gasteiger partial charge in [0, 0.05) is 25.0 Å². The Balaban J connectivity index is 2.22. The highest BCUT2D eigenvalue weighted by molar-refractivity contribution is 6.33. The average molecular weight is 283 g/mol. The monoisotopic (exact) mass is 282 g/mol. The molecule has 1 aliphatic heterocycles. The quantitative estimate of drug-likeness (QED) is 0.901. The average Bonchev–Trinajstić information content (AvgIpc) is 2.38. The number of piperidine rings is 1. The van der Waals surface area contributed by atoms with Crippen LogP contribution in [0, 0.1) is 5.92 Å². The van der Waals surface area contributed by atoms with Gasteiger partial charge in [-0.2, -0.15) is 0 Å². The maximum atomic E-state index is 12.4. The molecule has 0 aromatic carbocycles. The minimum absolute atomic E-state index is 0.0207. The molecule has 0 spiro atoms. The summed E-state index contributed by atoms with van der Waals surface area (Å²) < 4.78 is 0. The van der Waals surface area contributed by atoms with E-state index in [0.29, 0.717) is 18.4 Å². The summed E-state index contributed by atoms with van der Waals surface area (Å²) in [6, 6.07) is 1.58. The SMILES string of the molecule is CC1CCC(C(=O)O)CN1C(=O)c1ccncc1Cl. The number of nitrogens with zero attached hydrogens (tertiary/aromatic N) is 2. The van der Waals surface area contributed by atoms with E-state index in [0.717, 1.165) is 0 Å². The smallest absolute Gasteiger partial charge is 0.308 e. The van der Waals surface area contributed by atoms with Crippen molar-refractivity contribution in [1.82, 2.24) is 9.88 Å². The standard InChI is InChI=1S/C13H15ClN2O3/c1-8-2-3-9(13(18)19)7-16(8)12(17)10-4-5-15-6-11(10)14/h4-6,8-9H,2-3,7H2,1H3,(H,18,19). The summed E-state index contributed by atoms with van der Waals surface area (Å²) in [5, 5.41) is 9.36. The largest absolute Gasteiger partial charge is 0.481 e. The van der Waals surface area contributed by atoms with Crippen molar-refractivity contribution in [3.8, 4) is 0 Å². The number of pyridine rings is 1. The van der Waals surface area contributed by atoms with Gasteiger partial charge in [0.25, 0.3) is 5.91 Å². The van der Waals surface area contributed by atoms with Gasteiger partial charge in [-0.25, -0.2) is 0 Å². The predicted octanol–water partition coefficient (Wildman–Crippen LogP) is 2.06. The molecule has 1 N–H and O–H groups in total. The number of aliphatic carboxylic acids is 1. The van der Waals surface area contributed by atoms with Gasteiger partial charge in [0.05, 0.1) is 16.5 Å². The number of hydrogen-bond acceptors (Lipinski definition) is 3. The van der Waals surface area contributed by atoms with Gasteiger partial charge in [-0.15, -0.1) is 0 Å². The molecule has 1 aromatic rings. The lowest BCUT2D eigenvalue weighted by molar-refractivity contribution is -0.143. The van der Waals surface area contributed by atoms with Crippen molar-refractivity contribution in [2.24, 2.45) is 5.92 Å². The van der Waals surface area contributed by atoms with E-state index in [1.807, 2.05) is 6.92 Å². The zero-order valence-corrected chi connectivity index (χ0v) is 11.3. The Morgan fingerprint density at radius 1 is 1.47 bits per heavy atom. The van der Waals surface area contributed by atoms with Crippen LogP contribution >= 0.6 is 11.6 Å². The third-order valence-electron chi connectivity index (χ3n) is 3.50. The van der Waals surface area contributed by atoms with Crippen LogP contribution < -0.4 is 0 Å². The Kier molecular flexibility index (Phi) is 4.04. The molecule has 0 aliphatic carbocycles. The highest BCUT2D eigenvalue weighted by Gasteiger charge is 2.33. The van der Waals surface area contributed by atoms with Gasteiger partial charge in [-0.1, -0.05) is 11.6 Å². The predicted molar refractivity (Wildman–Crippen MR) is 70.1 cm³/mol. The summed E-state index contributed by atoms with van der Waals surface area (Å²) in [7, 11) is 0. The zero-order chi connectivity index (χ0) is 14.0. The van der Waals surface area contributed by atoms with Crippen molar-refractivity contribution in [1.29, 1.82) is 0 Å². The maximum absolute atomic E-state index is 12.4. The number of carboxylic acid groups (broad SMARTS) is 1. The lowest BCUT2D eigenvalue weighted by atomic mass is 9.93. The van der Waals surface area contributed by atoms with Gasteiger partial charge in [0.15, 0.2) is 0 Å². The Morgan fingerprint density at radius 2 is 2.21 bits per heavy atom. The van der Waals surface area contributed by atoms with Crippen molar-refractivity contribution in [3.63, 3.8) is 0 Å². The number of amides is 1. The van der Waals surface area contributed by atoms with Crippen molar-refractivity contribution in [2.45, 2.75) is 25.8 Å². The highest BCUT2D eigenvalue weighted by Crippen LogP contribution is 2.25. The van der Waals surface area contributed by atoms with Crippen LogP contribution in [0.25, 0.3) is 0 Å². The summed E-state index contributed by atoms with van der Waals surface area (Å²) in [4.78, 5) is 28.9. The van der Waals surface area contributed by atoms with Crippen molar-refractivity contribution < 1.29 is 14.7 Å². The fourth-order valence-electron chi connectivity index (χ4n) is 2.29. The zero-order valence-electron chi connectivity index (χ0n) is 10.5. The summed E-state index contributed by atoms with van der Waals surface area (Å²) in [5.41, 5.74) is 0.370. The Morgan fingerprint density at radius 3 is 2.84 bits per heavy atom. The van der Waals surface area contributed by atoms with E-state index in [1.165, 1.54) is 12.4 Å². The van der Waals surface area contributed by atoms with Crippen LogP contribution in [0.5, 0.6) is 0 Å². The molecular weight excluding hydrogens is 268 g/mol. The van der Waals surface area contributed by atoms with E-state index in [-0.39, 0.29) is 23.5 Å². The molecule has 1 saturated heterocycles. The molecule has 2 atom stereocenters. The molecule has 1 amide bonds. The molecule has 5 nitrogen and oxygen atoms in total. The summed E-state index contributed by atoms with van der Waals surface area (Å²) in [5.74, 6) is -1.59. The van der Waals surface area contributed by atoms with Crippen LogP contribution in [0.2, 0.25) is 5.02 Å². The van der Waals surface area contributed by atoms with Crippen molar-refractivity contribution in [2.75, 3.05) is 6.54 Å². The van der Waals surface area contributed by atoms with Gasteiger partial charge in [0.1, 0.15) is 0 Å². The first-order chi connectivity index (χ1) is 9.00. The number of rotatable bonds is 2. The maximum Gasteiger partial charge on any atom is 0.308 e. The fourth-order valence-corrected chi connectivity index (χ4v) is 2.50. The first-order valence-electron chi connectivity index (χ1n) is 6.14.